The van der Waals surface area contributed by atoms with Gasteiger partial charge in [-0.25, -0.2) is 5.84 Å². The molecule has 0 fully saturated rings. The third-order valence-electron chi connectivity index (χ3n) is 2.17. The van der Waals surface area contributed by atoms with Gasteiger partial charge in [0, 0.05) is 5.70 Å². The van der Waals surface area contributed by atoms with Crippen molar-refractivity contribution in [2.45, 2.75) is 6.92 Å². The zero-order valence-corrected chi connectivity index (χ0v) is 9.36. The van der Waals surface area contributed by atoms with Gasteiger partial charge < -0.3 is 16.1 Å². The largest absolute Gasteiger partial charge is 0.377 e. The minimum atomic E-state index is -0.432. The molecule has 0 aromatic rings. The molecule has 1 rings (SSSR count). The van der Waals surface area contributed by atoms with E-state index >= 15 is 0 Å². The number of nitrogens with one attached hydrogen (secondary N) is 1. The highest BCUT2D eigenvalue weighted by molar-refractivity contribution is 5.98. The molecule has 0 spiro atoms. The number of hydrogen-bond acceptors (Lipinski definition) is 5. The molecule has 1 heterocycles. The van der Waals surface area contributed by atoms with Gasteiger partial charge in [0.1, 0.15) is 0 Å². The monoisotopic (exact) mass is 223 g/mol. The molecule has 0 aromatic heterocycles. The van der Waals surface area contributed by atoms with Gasteiger partial charge in [-0.2, -0.15) is 0 Å². The first-order valence-electron chi connectivity index (χ1n) is 4.97. The molecule has 0 unspecified atom stereocenters. The van der Waals surface area contributed by atoms with Gasteiger partial charge in [0.05, 0.1) is 31.0 Å². The van der Waals surface area contributed by atoms with Gasteiger partial charge in [-0.1, -0.05) is 6.58 Å². The number of hydrazine groups is 1. The summed E-state index contributed by atoms with van der Waals surface area (Å²) in [7, 11) is 0. The lowest BCUT2D eigenvalue weighted by Gasteiger charge is -2.25. The van der Waals surface area contributed by atoms with Crippen LogP contribution in [-0.2, 0) is 4.79 Å². The van der Waals surface area contributed by atoms with E-state index in [1.807, 2.05) is 6.92 Å². The first-order chi connectivity index (χ1) is 7.50. The standard InChI is InChI=1S/C10H17N5O/c1-7(14-6-10(11)16)5-9-8(2)13-3-4-15(9)12/h5,14H,1,3-4,6,12H2,2H3,(H2,11,16)/b9-5-. The van der Waals surface area contributed by atoms with Gasteiger partial charge in [0.2, 0.25) is 5.91 Å². The second-order valence-electron chi connectivity index (χ2n) is 3.54. The van der Waals surface area contributed by atoms with E-state index < -0.39 is 5.91 Å². The summed E-state index contributed by atoms with van der Waals surface area (Å²) in [4.78, 5) is 14.8. The van der Waals surface area contributed by atoms with Crippen molar-refractivity contribution < 1.29 is 4.79 Å². The average Bonchev–Trinajstić information content (AvgIpc) is 2.21. The number of nitrogens with zero attached hydrogens (tertiary/aromatic N) is 2. The van der Waals surface area contributed by atoms with Crippen molar-refractivity contribution in [1.29, 1.82) is 0 Å². The molecule has 0 atom stereocenters. The Balaban J connectivity index is 2.67. The summed E-state index contributed by atoms with van der Waals surface area (Å²) in [5.74, 6) is 5.37. The Bertz CT molecular complexity index is 358. The van der Waals surface area contributed by atoms with Crippen molar-refractivity contribution in [2.75, 3.05) is 19.6 Å². The Labute approximate surface area is 94.7 Å². The van der Waals surface area contributed by atoms with Crippen molar-refractivity contribution in [1.82, 2.24) is 10.3 Å². The molecule has 0 saturated heterocycles. The maximum atomic E-state index is 10.6. The number of amides is 1. The molecule has 6 nitrogen and oxygen atoms in total. The van der Waals surface area contributed by atoms with Crippen LogP contribution in [0, 0.1) is 0 Å². The highest BCUT2D eigenvalue weighted by Crippen LogP contribution is 2.09. The number of primary amides is 1. The number of carbonyl (C=O) groups excluding carboxylic acids is 1. The van der Waals surface area contributed by atoms with Crippen LogP contribution in [0.1, 0.15) is 6.92 Å². The van der Waals surface area contributed by atoms with Crippen LogP contribution in [0.15, 0.2) is 29.0 Å². The molecule has 6 heteroatoms. The molecular formula is C10H17N5O. The van der Waals surface area contributed by atoms with Crippen LogP contribution in [0.2, 0.25) is 0 Å². The summed E-state index contributed by atoms with van der Waals surface area (Å²) >= 11 is 0. The van der Waals surface area contributed by atoms with Crippen LogP contribution in [0.4, 0.5) is 0 Å². The van der Waals surface area contributed by atoms with E-state index in [9.17, 15) is 4.79 Å². The molecule has 0 saturated carbocycles. The number of hydrogen-bond donors (Lipinski definition) is 3. The number of allylic oxidation sites excluding steroid dienone is 2. The molecule has 1 amide bonds. The minimum Gasteiger partial charge on any atom is -0.377 e. The van der Waals surface area contributed by atoms with Crippen LogP contribution in [0.25, 0.3) is 0 Å². The maximum absolute atomic E-state index is 10.6. The Morgan fingerprint density at radius 3 is 3.00 bits per heavy atom. The van der Waals surface area contributed by atoms with Crippen molar-refractivity contribution in [3.05, 3.63) is 24.0 Å². The first-order valence-corrected chi connectivity index (χ1v) is 4.97. The number of aliphatic imine (C=N–C) groups is 1. The number of carbonyl (C=O) groups is 1. The Morgan fingerprint density at radius 2 is 2.44 bits per heavy atom. The average molecular weight is 223 g/mol. The maximum Gasteiger partial charge on any atom is 0.236 e. The summed E-state index contributed by atoms with van der Waals surface area (Å²) in [6.45, 7) is 7.07. The van der Waals surface area contributed by atoms with E-state index in [1.165, 1.54) is 0 Å². The minimum absolute atomic E-state index is 0.0589. The van der Waals surface area contributed by atoms with Crippen LogP contribution in [0.3, 0.4) is 0 Å². The zero-order valence-electron chi connectivity index (χ0n) is 9.36. The van der Waals surface area contributed by atoms with E-state index in [0.29, 0.717) is 18.8 Å². The lowest BCUT2D eigenvalue weighted by atomic mass is 10.2. The third-order valence-corrected chi connectivity index (χ3v) is 2.17. The fraction of sp³-hybridized carbons (Fsp3) is 0.400. The van der Waals surface area contributed by atoms with Crippen molar-refractivity contribution in [2.24, 2.45) is 16.6 Å². The Hall–Kier alpha value is -1.82. The molecule has 5 N–H and O–H groups in total. The van der Waals surface area contributed by atoms with E-state index in [1.54, 1.807) is 11.1 Å². The highest BCUT2D eigenvalue weighted by atomic mass is 16.1. The van der Waals surface area contributed by atoms with E-state index in [4.69, 9.17) is 11.6 Å². The van der Waals surface area contributed by atoms with Crippen LogP contribution >= 0.6 is 0 Å². The molecule has 16 heavy (non-hydrogen) atoms. The van der Waals surface area contributed by atoms with Crippen molar-refractivity contribution >= 4 is 11.6 Å². The summed E-state index contributed by atoms with van der Waals surface area (Å²) in [6, 6.07) is 0. The van der Waals surface area contributed by atoms with Gasteiger partial charge in [-0.05, 0) is 13.0 Å². The molecule has 0 aliphatic carbocycles. The summed E-state index contributed by atoms with van der Waals surface area (Å²) in [5, 5.41) is 4.40. The zero-order chi connectivity index (χ0) is 12.1. The van der Waals surface area contributed by atoms with Gasteiger partial charge >= 0.3 is 0 Å². The van der Waals surface area contributed by atoms with E-state index in [2.05, 4.69) is 16.9 Å². The predicted octanol–water partition coefficient (Wildman–Crippen LogP) is -0.891. The lowest BCUT2D eigenvalue weighted by Crippen LogP contribution is -2.39. The van der Waals surface area contributed by atoms with E-state index in [0.717, 1.165) is 11.4 Å². The quantitative estimate of drug-likeness (QED) is 0.539. The smallest absolute Gasteiger partial charge is 0.236 e. The van der Waals surface area contributed by atoms with Gasteiger partial charge in [0.25, 0.3) is 0 Å². The lowest BCUT2D eigenvalue weighted by molar-refractivity contribution is -0.117. The molecule has 1 aliphatic rings. The molecule has 1 aliphatic heterocycles. The molecule has 88 valence electrons. The van der Waals surface area contributed by atoms with Crippen LogP contribution < -0.4 is 16.9 Å². The van der Waals surface area contributed by atoms with Crippen molar-refractivity contribution in [3.8, 4) is 0 Å². The highest BCUT2D eigenvalue weighted by Gasteiger charge is 2.13. The second-order valence-corrected chi connectivity index (χ2v) is 3.54. The van der Waals surface area contributed by atoms with Gasteiger partial charge in [0.15, 0.2) is 0 Å². The predicted molar refractivity (Wildman–Crippen MR) is 63.3 cm³/mol. The van der Waals surface area contributed by atoms with Gasteiger partial charge in [-0.15, -0.1) is 0 Å². The normalized spacial score (nSPS) is 18.2. The summed E-state index contributed by atoms with van der Waals surface area (Å²) in [6.07, 6.45) is 1.75. The Morgan fingerprint density at radius 1 is 1.75 bits per heavy atom. The SMILES string of the molecule is C=C(/C=C1/C(C)=NCCN1N)NCC(N)=O. The number of rotatable bonds is 4. The van der Waals surface area contributed by atoms with E-state index in [-0.39, 0.29) is 6.54 Å². The fourth-order valence-corrected chi connectivity index (χ4v) is 1.34. The van der Waals surface area contributed by atoms with Crippen LogP contribution in [0.5, 0.6) is 0 Å². The fourth-order valence-electron chi connectivity index (χ4n) is 1.34. The van der Waals surface area contributed by atoms with Crippen molar-refractivity contribution in [3.63, 3.8) is 0 Å². The second kappa shape index (κ2) is 5.32. The number of nitrogens with two attached hydrogens (primary N) is 2. The molecule has 0 aromatic carbocycles. The molecule has 0 radical (unpaired) electrons. The topological polar surface area (TPSA) is 96.7 Å². The third kappa shape index (κ3) is 3.39. The van der Waals surface area contributed by atoms with Crippen LogP contribution in [-0.4, -0.2) is 36.3 Å². The molecular weight excluding hydrogens is 206 g/mol. The molecule has 0 bridgehead atoms. The van der Waals surface area contributed by atoms with Gasteiger partial charge in [-0.3, -0.25) is 9.79 Å². The Kier molecular flexibility index (Phi) is 4.07. The summed E-state index contributed by atoms with van der Waals surface area (Å²) < 4.78 is 0. The summed E-state index contributed by atoms with van der Waals surface area (Å²) in [5.41, 5.74) is 7.25. The first kappa shape index (κ1) is 12.3.